The van der Waals surface area contributed by atoms with E-state index in [1.165, 1.54) is 6.33 Å². The first kappa shape index (κ1) is 23.5. The summed E-state index contributed by atoms with van der Waals surface area (Å²) in [6.45, 7) is 16.3. The van der Waals surface area contributed by atoms with Crippen LogP contribution in [0.2, 0.25) is 0 Å². The van der Waals surface area contributed by atoms with E-state index in [1.54, 1.807) is 18.3 Å². The van der Waals surface area contributed by atoms with Gasteiger partial charge in [0.05, 0.1) is 24.0 Å². The van der Waals surface area contributed by atoms with Gasteiger partial charge in [0.2, 0.25) is 5.88 Å². The molecule has 0 bridgehead atoms. The summed E-state index contributed by atoms with van der Waals surface area (Å²) in [5.41, 5.74) is 2.85. The first-order chi connectivity index (χ1) is 17.5. The smallest absolute Gasteiger partial charge is 0.288 e. The summed E-state index contributed by atoms with van der Waals surface area (Å²) in [6, 6.07) is 9.00. The minimum atomic E-state index is -0.493. The fraction of sp³-hybridized carbons (Fsp3) is 0.308. The van der Waals surface area contributed by atoms with E-state index in [1.807, 2.05) is 36.6 Å². The number of halogens is 1. The number of hydrogen-bond donors (Lipinski definition) is 1. The van der Waals surface area contributed by atoms with Crippen LogP contribution in [0, 0.1) is 19.3 Å². The predicted octanol–water partition coefficient (Wildman–Crippen LogP) is 5.13. The summed E-state index contributed by atoms with van der Waals surface area (Å²) >= 11 is 0. The van der Waals surface area contributed by atoms with Crippen LogP contribution in [-0.4, -0.2) is 57.6 Å². The molecule has 1 saturated heterocycles. The maximum absolute atomic E-state index is 15.3. The number of fused-ring (bicyclic) bond motifs is 1. The maximum Gasteiger partial charge on any atom is 0.288 e. The second-order valence-electron chi connectivity index (χ2n) is 8.75. The highest BCUT2D eigenvalue weighted by Gasteiger charge is 2.19. The van der Waals surface area contributed by atoms with Crippen LogP contribution in [0.1, 0.15) is 12.6 Å². The molecule has 0 amide bonds. The molecule has 0 unspecified atom stereocenters. The number of benzene rings is 1. The molecule has 4 heterocycles. The number of aryl methyl sites for hydroxylation is 2. The molecular weight excluding hydrogens is 459 g/mol. The van der Waals surface area contributed by atoms with Gasteiger partial charge < -0.3 is 24.4 Å². The lowest BCUT2D eigenvalue weighted by atomic mass is 10.2. The third kappa shape index (κ3) is 4.41. The molecule has 10 heteroatoms. The van der Waals surface area contributed by atoms with Crippen molar-refractivity contribution in [3.05, 3.63) is 65.8 Å². The Labute approximate surface area is 209 Å². The van der Waals surface area contributed by atoms with Gasteiger partial charge in [0, 0.05) is 43.8 Å². The van der Waals surface area contributed by atoms with Crippen molar-refractivity contribution < 1.29 is 9.13 Å². The molecule has 3 aromatic heterocycles. The van der Waals surface area contributed by atoms with Crippen LogP contribution in [0.4, 0.5) is 27.4 Å². The number of anilines is 3. The number of pyridine rings is 1. The number of rotatable bonds is 6. The van der Waals surface area contributed by atoms with Crippen LogP contribution in [0.3, 0.4) is 0 Å². The van der Waals surface area contributed by atoms with Gasteiger partial charge >= 0.3 is 0 Å². The van der Waals surface area contributed by atoms with Crippen LogP contribution < -0.4 is 15.0 Å². The topological polar surface area (TPSA) is 75.7 Å². The molecule has 36 heavy (non-hydrogen) atoms. The summed E-state index contributed by atoms with van der Waals surface area (Å²) in [7, 11) is 2.12. The molecule has 1 N–H and O–H groups in total. The average Bonchev–Trinajstić information content (AvgIpc) is 3.22. The molecule has 1 aliphatic heterocycles. The van der Waals surface area contributed by atoms with E-state index in [9.17, 15) is 0 Å². The third-order valence-corrected chi connectivity index (χ3v) is 6.48. The van der Waals surface area contributed by atoms with Crippen LogP contribution in [0.15, 0.2) is 42.9 Å². The zero-order valence-corrected chi connectivity index (χ0v) is 20.5. The van der Waals surface area contributed by atoms with Crippen molar-refractivity contribution in [2.24, 2.45) is 0 Å². The molecule has 1 aromatic carbocycles. The summed E-state index contributed by atoms with van der Waals surface area (Å²) < 4.78 is 23.1. The predicted molar refractivity (Wildman–Crippen MR) is 138 cm³/mol. The van der Waals surface area contributed by atoms with Gasteiger partial charge in [0.15, 0.2) is 11.6 Å². The number of hydrogen-bond acceptors (Lipinski definition) is 7. The van der Waals surface area contributed by atoms with Gasteiger partial charge in [-0.25, -0.2) is 24.2 Å². The summed E-state index contributed by atoms with van der Waals surface area (Å²) in [6.07, 6.45) is 3.08. The Kier molecular flexibility index (Phi) is 6.40. The van der Waals surface area contributed by atoms with Crippen LogP contribution in [0.25, 0.3) is 15.7 Å². The highest BCUT2D eigenvalue weighted by molar-refractivity contribution is 5.84. The molecule has 1 fully saturated rings. The molecule has 4 aromatic rings. The van der Waals surface area contributed by atoms with Crippen molar-refractivity contribution in [3.8, 4) is 11.6 Å². The van der Waals surface area contributed by atoms with Gasteiger partial charge in [0.25, 0.3) is 5.69 Å². The van der Waals surface area contributed by atoms with Crippen molar-refractivity contribution >= 4 is 33.9 Å². The largest absolute Gasteiger partial charge is 0.446 e. The van der Waals surface area contributed by atoms with Gasteiger partial charge in [-0.1, -0.05) is 0 Å². The van der Waals surface area contributed by atoms with Crippen molar-refractivity contribution in [1.82, 2.24) is 24.4 Å². The third-order valence-electron chi connectivity index (χ3n) is 6.48. The van der Waals surface area contributed by atoms with Crippen LogP contribution >= 0.6 is 0 Å². The summed E-state index contributed by atoms with van der Waals surface area (Å²) in [5.74, 6) is 0.255. The lowest BCUT2D eigenvalue weighted by molar-refractivity contribution is 0.313. The van der Waals surface area contributed by atoms with E-state index in [-0.39, 0.29) is 23.1 Å². The Morgan fingerprint density at radius 1 is 1.11 bits per heavy atom. The van der Waals surface area contributed by atoms with E-state index < -0.39 is 5.82 Å². The Bertz CT molecular complexity index is 1440. The highest BCUT2D eigenvalue weighted by atomic mass is 19.1. The number of piperazine rings is 1. The molecule has 0 atom stereocenters. The molecule has 0 saturated carbocycles. The quantitative estimate of drug-likeness (QED) is 0.379. The van der Waals surface area contributed by atoms with Gasteiger partial charge in [-0.05, 0) is 51.2 Å². The van der Waals surface area contributed by atoms with E-state index in [4.69, 9.17) is 11.3 Å². The van der Waals surface area contributed by atoms with E-state index in [0.717, 1.165) is 49.6 Å². The Balaban J connectivity index is 1.38. The second kappa shape index (κ2) is 9.79. The molecule has 9 nitrogen and oxygen atoms in total. The lowest BCUT2D eigenvalue weighted by Crippen LogP contribution is -2.44. The molecule has 0 spiro atoms. The molecule has 184 valence electrons. The number of ether oxygens (including phenoxy) is 1. The second-order valence-corrected chi connectivity index (χ2v) is 8.75. The Hall–Kier alpha value is -4.23. The normalized spacial score (nSPS) is 14.1. The Morgan fingerprint density at radius 3 is 2.61 bits per heavy atom. The summed E-state index contributed by atoms with van der Waals surface area (Å²) in [5, 5.41) is 3.54. The van der Waals surface area contributed by atoms with Crippen molar-refractivity contribution in [2.75, 3.05) is 43.4 Å². The van der Waals surface area contributed by atoms with Crippen LogP contribution in [0.5, 0.6) is 11.6 Å². The zero-order valence-electron chi connectivity index (χ0n) is 20.5. The summed E-state index contributed by atoms with van der Waals surface area (Å²) in [4.78, 5) is 20.9. The number of aromatic nitrogens is 4. The molecular formula is C26H27FN8O. The monoisotopic (exact) mass is 486 g/mol. The average molecular weight is 487 g/mol. The first-order valence-corrected chi connectivity index (χ1v) is 11.8. The standard InChI is InChI=1S/C26H27FN8O/c1-5-35-17(2)14-19-20(35)7-8-21(23(19)27)36-26-24(28-3)25(30-16-31-26)32-22-9-6-18(15-29-22)34-12-10-33(4)11-13-34/h6-9,14-16H,5,10-13H2,1-2,4H3,(H,29,30,31,32). The lowest BCUT2D eigenvalue weighted by Gasteiger charge is -2.33. The molecule has 0 aliphatic carbocycles. The minimum absolute atomic E-state index is 0.0000394. The van der Waals surface area contributed by atoms with E-state index in [2.05, 4.69) is 42.0 Å². The number of likely N-dealkylation sites (N-methyl/N-ethyl adjacent to an activating group) is 1. The van der Waals surface area contributed by atoms with E-state index >= 15 is 4.39 Å². The molecule has 0 radical (unpaired) electrons. The minimum Gasteiger partial charge on any atom is -0.446 e. The molecule has 5 rings (SSSR count). The number of nitrogens with zero attached hydrogens (tertiary/aromatic N) is 7. The number of nitrogens with one attached hydrogen (secondary N) is 1. The zero-order chi connectivity index (χ0) is 25.2. The van der Waals surface area contributed by atoms with Gasteiger partial charge in [0.1, 0.15) is 18.0 Å². The SMILES string of the molecule is [C-]#[N+]c1c(Nc2ccc(N3CCN(C)CC3)cn2)ncnc1Oc1ccc2c(cc(C)n2CC)c1F. The highest BCUT2D eigenvalue weighted by Crippen LogP contribution is 2.38. The maximum atomic E-state index is 15.3. The first-order valence-electron chi connectivity index (χ1n) is 11.8. The molecule has 1 aliphatic rings. The van der Waals surface area contributed by atoms with Crippen LogP contribution in [-0.2, 0) is 6.54 Å². The van der Waals surface area contributed by atoms with Crippen molar-refractivity contribution in [2.45, 2.75) is 20.4 Å². The van der Waals surface area contributed by atoms with Gasteiger partial charge in [-0.15, -0.1) is 0 Å². The van der Waals surface area contributed by atoms with Crippen molar-refractivity contribution in [1.29, 1.82) is 0 Å². The Morgan fingerprint density at radius 2 is 1.92 bits per heavy atom. The fourth-order valence-corrected chi connectivity index (χ4v) is 4.48. The van der Waals surface area contributed by atoms with E-state index in [0.29, 0.717) is 11.2 Å². The van der Waals surface area contributed by atoms with Gasteiger partial charge in [-0.2, -0.15) is 0 Å². The van der Waals surface area contributed by atoms with Gasteiger partial charge in [-0.3, -0.25) is 0 Å². The fourth-order valence-electron chi connectivity index (χ4n) is 4.48. The van der Waals surface area contributed by atoms with Crippen molar-refractivity contribution in [3.63, 3.8) is 0 Å².